The largest absolute Gasteiger partial charge is 0.395 e. The number of aliphatic hydroxyl groups excluding tert-OH is 1. The highest BCUT2D eigenvalue weighted by Gasteiger charge is 2.28. The first-order chi connectivity index (χ1) is 6.27. The van der Waals surface area contributed by atoms with Crippen LogP contribution in [0.1, 0.15) is 13.8 Å². The SMILES string of the molecule is CCOCC1CN(CCO)CC1C. The van der Waals surface area contributed by atoms with Crippen LogP contribution in [-0.2, 0) is 4.74 Å². The van der Waals surface area contributed by atoms with E-state index in [4.69, 9.17) is 9.84 Å². The van der Waals surface area contributed by atoms with Crippen molar-refractivity contribution in [2.24, 2.45) is 11.8 Å². The number of aliphatic hydroxyl groups is 1. The summed E-state index contributed by atoms with van der Waals surface area (Å²) in [5.41, 5.74) is 0. The molecule has 1 fully saturated rings. The third-order valence-corrected chi connectivity index (χ3v) is 2.80. The van der Waals surface area contributed by atoms with Gasteiger partial charge in [0.05, 0.1) is 13.2 Å². The van der Waals surface area contributed by atoms with Crippen molar-refractivity contribution in [2.75, 3.05) is 39.5 Å². The standard InChI is InChI=1S/C10H21NO2/c1-3-13-8-10-7-11(4-5-12)6-9(10)2/h9-10,12H,3-8H2,1-2H3. The van der Waals surface area contributed by atoms with E-state index in [1.54, 1.807) is 0 Å². The number of likely N-dealkylation sites (tertiary alicyclic amines) is 1. The van der Waals surface area contributed by atoms with E-state index in [1.165, 1.54) is 0 Å². The van der Waals surface area contributed by atoms with Crippen LogP contribution in [0.5, 0.6) is 0 Å². The van der Waals surface area contributed by atoms with Crippen LogP contribution in [0.4, 0.5) is 0 Å². The number of rotatable bonds is 5. The summed E-state index contributed by atoms with van der Waals surface area (Å²) in [6.45, 7) is 9.26. The fourth-order valence-corrected chi connectivity index (χ4v) is 1.95. The molecule has 3 nitrogen and oxygen atoms in total. The van der Waals surface area contributed by atoms with Gasteiger partial charge < -0.3 is 14.7 Å². The predicted octanol–water partition coefficient (Wildman–Crippen LogP) is 0.583. The van der Waals surface area contributed by atoms with E-state index >= 15 is 0 Å². The molecule has 1 aliphatic heterocycles. The van der Waals surface area contributed by atoms with E-state index in [9.17, 15) is 0 Å². The molecule has 3 heteroatoms. The zero-order chi connectivity index (χ0) is 9.68. The smallest absolute Gasteiger partial charge is 0.0558 e. The number of nitrogens with zero attached hydrogens (tertiary/aromatic N) is 1. The Morgan fingerprint density at radius 2 is 2.23 bits per heavy atom. The lowest BCUT2D eigenvalue weighted by molar-refractivity contribution is 0.101. The van der Waals surface area contributed by atoms with Crippen LogP contribution in [0, 0.1) is 11.8 Å². The summed E-state index contributed by atoms with van der Waals surface area (Å²) in [7, 11) is 0. The van der Waals surface area contributed by atoms with E-state index in [1.807, 2.05) is 6.92 Å². The van der Waals surface area contributed by atoms with Crippen LogP contribution in [0.15, 0.2) is 0 Å². The van der Waals surface area contributed by atoms with Crippen molar-refractivity contribution in [3.63, 3.8) is 0 Å². The lowest BCUT2D eigenvalue weighted by atomic mass is 9.99. The quantitative estimate of drug-likeness (QED) is 0.683. The molecule has 0 bridgehead atoms. The van der Waals surface area contributed by atoms with Gasteiger partial charge in [0, 0.05) is 26.2 Å². The number of hydrogen-bond donors (Lipinski definition) is 1. The Labute approximate surface area is 80.7 Å². The summed E-state index contributed by atoms with van der Waals surface area (Å²) >= 11 is 0. The van der Waals surface area contributed by atoms with Crippen LogP contribution < -0.4 is 0 Å². The molecule has 2 unspecified atom stereocenters. The molecule has 1 aliphatic rings. The molecule has 13 heavy (non-hydrogen) atoms. The number of ether oxygens (including phenoxy) is 1. The molecular formula is C10H21NO2. The average Bonchev–Trinajstić information content (AvgIpc) is 2.44. The van der Waals surface area contributed by atoms with Gasteiger partial charge in [-0.15, -0.1) is 0 Å². The van der Waals surface area contributed by atoms with Gasteiger partial charge in [0.1, 0.15) is 0 Å². The van der Waals surface area contributed by atoms with Crippen LogP contribution in [-0.4, -0.2) is 49.5 Å². The second-order valence-corrected chi connectivity index (χ2v) is 3.88. The fourth-order valence-electron chi connectivity index (χ4n) is 1.95. The Morgan fingerprint density at radius 3 is 2.85 bits per heavy atom. The molecule has 1 heterocycles. The maximum atomic E-state index is 8.80. The maximum Gasteiger partial charge on any atom is 0.0558 e. The first-order valence-electron chi connectivity index (χ1n) is 5.18. The molecule has 0 saturated carbocycles. The Kier molecular flexibility index (Phi) is 4.70. The van der Waals surface area contributed by atoms with E-state index in [-0.39, 0.29) is 6.61 Å². The Morgan fingerprint density at radius 1 is 1.46 bits per heavy atom. The summed E-state index contributed by atoms with van der Waals surface area (Å²) in [5, 5.41) is 8.80. The van der Waals surface area contributed by atoms with Gasteiger partial charge in [-0.1, -0.05) is 6.92 Å². The van der Waals surface area contributed by atoms with Gasteiger partial charge in [-0.3, -0.25) is 0 Å². The Balaban J connectivity index is 2.24. The lowest BCUT2D eigenvalue weighted by Gasteiger charge is -2.14. The van der Waals surface area contributed by atoms with Gasteiger partial charge in [-0.25, -0.2) is 0 Å². The summed E-state index contributed by atoms with van der Waals surface area (Å²) in [6, 6.07) is 0. The predicted molar refractivity (Wildman–Crippen MR) is 52.7 cm³/mol. The molecule has 0 spiro atoms. The van der Waals surface area contributed by atoms with Crippen LogP contribution in [0.2, 0.25) is 0 Å². The minimum Gasteiger partial charge on any atom is -0.395 e. The van der Waals surface area contributed by atoms with E-state index in [2.05, 4.69) is 11.8 Å². The summed E-state index contributed by atoms with van der Waals surface area (Å²) in [5.74, 6) is 1.37. The molecular weight excluding hydrogens is 166 g/mol. The van der Waals surface area contributed by atoms with Gasteiger partial charge in [0.2, 0.25) is 0 Å². The fraction of sp³-hybridized carbons (Fsp3) is 1.00. The van der Waals surface area contributed by atoms with Crippen LogP contribution in [0.3, 0.4) is 0 Å². The molecule has 1 saturated heterocycles. The van der Waals surface area contributed by atoms with Crippen molar-refractivity contribution >= 4 is 0 Å². The molecule has 0 radical (unpaired) electrons. The summed E-state index contributed by atoms with van der Waals surface area (Å²) in [4.78, 5) is 2.31. The Bertz CT molecular complexity index is 141. The number of hydrogen-bond acceptors (Lipinski definition) is 3. The molecule has 0 aromatic carbocycles. The molecule has 2 atom stereocenters. The van der Waals surface area contributed by atoms with Gasteiger partial charge in [0.25, 0.3) is 0 Å². The van der Waals surface area contributed by atoms with Gasteiger partial charge in [-0.2, -0.15) is 0 Å². The minimum atomic E-state index is 0.272. The molecule has 0 aromatic heterocycles. The third kappa shape index (κ3) is 3.25. The highest BCUT2D eigenvalue weighted by Crippen LogP contribution is 2.22. The van der Waals surface area contributed by atoms with Gasteiger partial charge in [-0.05, 0) is 18.8 Å². The number of β-amino-alcohol motifs (C(OH)–C–C–N with tert-alkyl or cyclic N) is 1. The van der Waals surface area contributed by atoms with Gasteiger partial charge in [0.15, 0.2) is 0 Å². The van der Waals surface area contributed by atoms with Crippen LogP contribution in [0.25, 0.3) is 0 Å². The monoisotopic (exact) mass is 187 g/mol. The first-order valence-corrected chi connectivity index (χ1v) is 5.18. The zero-order valence-electron chi connectivity index (χ0n) is 8.70. The Hall–Kier alpha value is -0.120. The highest BCUT2D eigenvalue weighted by atomic mass is 16.5. The van der Waals surface area contributed by atoms with Crippen LogP contribution >= 0.6 is 0 Å². The maximum absolute atomic E-state index is 8.80. The molecule has 0 aliphatic carbocycles. The summed E-state index contributed by atoms with van der Waals surface area (Å²) < 4.78 is 5.43. The van der Waals surface area contributed by atoms with Crippen molar-refractivity contribution in [1.29, 1.82) is 0 Å². The van der Waals surface area contributed by atoms with Crippen molar-refractivity contribution in [3.05, 3.63) is 0 Å². The molecule has 1 rings (SSSR count). The second-order valence-electron chi connectivity index (χ2n) is 3.88. The van der Waals surface area contributed by atoms with Gasteiger partial charge >= 0.3 is 0 Å². The first kappa shape index (κ1) is 11.0. The topological polar surface area (TPSA) is 32.7 Å². The second kappa shape index (κ2) is 5.58. The minimum absolute atomic E-state index is 0.272. The third-order valence-electron chi connectivity index (χ3n) is 2.80. The molecule has 0 aromatic rings. The molecule has 78 valence electrons. The molecule has 0 amide bonds. The zero-order valence-corrected chi connectivity index (χ0v) is 8.70. The van der Waals surface area contributed by atoms with Crippen molar-refractivity contribution in [1.82, 2.24) is 4.90 Å². The normalized spacial score (nSPS) is 29.8. The highest BCUT2D eigenvalue weighted by molar-refractivity contribution is 4.80. The lowest BCUT2D eigenvalue weighted by Crippen LogP contribution is -2.25. The van der Waals surface area contributed by atoms with Crippen molar-refractivity contribution in [2.45, 2.75) is 13.8 Å². The van der Waals surface area contributed by atoms with Crippen molar-refractivity contribution in [3.8, 4) is 0 Å². The summed E-state index contributed by atoms with van der Waals surface area (Å²) in [6.07, 6.45) is 0. The average molecular weight is 187 g/mol. The molecule has 1 N–H and O–H groups in total. The van der Waals surface area contributed by atoms with E-state index in [0.29, 0.717) is 11.8 Å². The van der Waals surface area contributed by atoms with E-state index in [0.717, 1.165) is 32.8 Å². The van der Waals surface area contributed by atoms with E-state index < -0.39 is 0 Å². The van der Waals surface area contributed by atoms with Crippen molar-refractivity contribution < 1.29 is 9.84 Å².